The van der Waals surface area contributed by atoms with Gasteiger partial charge in [-0.1, -0.05) is 0 Å². The zero-order chi connectivity index (χ0) is 6.69. The van der Waals surface area contributed by atoms with Crippen LogP contribution in [-0.2, 0) is 4.79 Å². The average molecular weight is 203 g/mol. The van der Waals surface area contributed by atoms with E-state index in [9.17, 15) is 4.79 Å². The van der Waals surface area contributed by atoms with Gasteiger partial charge in [0, 0.05) is 0 Å². The number of carboxylic acids is 1. The second-order valence-electron chi connectivity index (χ2n) is 2.28. The first-order chi connectivity index (χ1) is 4.30. The summed E-state index contributed by atoms with van der Waals surface area (Å²) in [5, 5.41) is 12.4. The summed E-state index contributed by atoms with van der Waals surface area (Å²) in [5.74, 6) is -0.689. The van der Waals surface area contributed by atoms with E-state index in [1.807, 2.05) is 10.6 Å². The van der Waals surface area contributed by atoms with Crippen LogP contribution in [-0.4, -0.2) is 36.8 Å². The van der Waals surface area contributed by atoms with Gasteiger partial charge in [0.25, 0.3) is 0 Å². The Balaban J connectivity index is 0. The number of halogens is 2. The van der Waals surface area contributed by atoms with E-state index < -0.39 is 5.97 Å². The SMILES string of the molecule is O=C(O)C1C[NH2+]CC[NH2+]1.[Cl-].[Cl-]. The highest BCUT2D eigenvalue weighted by Crippen LogP contribution is 1.70. The first kappa shape index (κ1) is 13.6. The maximum Gasteiger partial charge on any atom is 0.368 e. The summed E-state index contributed by atoms with van der Waals surface area (Å²) in [6, 6.07) is -0.209. The van der Waals surface area contributed by atoms with E-state index in [-0.39, 0.29) is 30.9 Å². The largest absolute Gasteiger partial charge is 1.00 e. The quantitative estimate of drug-likeness (QED) is 0.396. The number of hydrogen-bond donors (Lipinski definition) is 3. The van der Waals surface area contributed by atoms with Crippen molar-refractivity contribution in [2.45, 2.75) is 6.04 Å². The highest BCUT2D eigenvalue weighted by Gasteiger charge is 2.25. The summed E-state index contributed by atoms with van der Waals surface area (Å²) in [6.45, 7) is 2.69. The number of carboxylic acid groups (broad SMARTS) is 1. The molecule has 6 heteroatoms. The van der Waals surface area contributed by atoms with Gasteiger partial charge in [-0.25, -0.2) is 4.79 Å². The molecule has 0 aromatic carbocycles. The maximum atomic E-state index is 10.3. The molecule has 0 aromatic heterocycles. The Morgan fingerprint density at radius 2 is 2.00 bits per heavy atom. The van der Waals surface area contributed by atoms with E-state index in [0.717, 1.165) is 19.6 Å². The van der Waals surface area contributed by atoms with Crippen molar-refractivity contribution in [2.75, 3.05) is 19.6 Å². The molecular formula is C5H12Cl2N2O2. The number of carbonyl (C=O) groups is 1. The summed E-state index contributed by atoms with van der Waals surface area (Å²) >= 11 is 0. The molecule has 0 spiro atoms. The highest BCUT2D eigenvalue weighted by atomic mass is 35.5. The van der Waals surface area contributed by atoms with Crippen molar-refractivity contribution in [3.05, 3.63) is 0 Å². The Kier molecular flexibility index (Phi) is 8.21. The van der Waals surface area contributed by atoms with Gasteiger partial charge in [-0.05, 0) is 0 Å². The zero-order valence-electron chi connectivity index (χ0n) is 5.96. The number of rotatable bonds is 1. The minimum Gasteiger partial charge on any atom is -1.00 e. The second-order valence-corrected chi connectivity index (χ2v) is 2.28. The number of hydrogen-bond acceptors (Lipinski definition) is 1. The average Bonchev–Trinajstić information content (AvgIpc) is 1.90. The molecule has 1 heterocycles. The van der Waals surface area contributed by atoms with Crippen molar-refractivity contribution in [1.82, 2.24) is 0 Å². The summed E-state index contributed by atoms with van der Waals surface area (Å²) in [5.41, 5.74) is 0. The standard InChI is InChI=1S/C5H10N2O2.2ClH/c8-5(9)4-3-6-1-2-7-4;;/h4,6-7H,1-3H2,(H,8,9);2*1H. The van der Waals surface area contributed by atoms with Gasteiger partial charge in [0.15, 0.2) is 0 Å². The number of nitrogens with two attached hydrogens (primary N) is 2. The van der Waals surface area contributed by atoms with E-state index in [0.29, 0.717) is 0 Å². The van der Waals surface area contributed by atoms with Gasteiger partial charge in [0.1, 0.15) is 19.6 Å². The van der Waals surface area contributed by atoms with Crippen LogP contribution in [0, 0.1) is 0 Å². The Hall–Kier alpha value is -0.0300. The van der Waals surface area contributed by atoms with Gasteiger partial charge in [-0.2, -0.15) is 0 Å². The molecule has 0 radical (unpaired) electrons. The third-order valence-corrected chi connectivity index (χ3v) is 1.56. The fraction of sp³-hybridized carbons (Fsp3) is 0.800. The van der Waals surface area contributed by atoms with E-state index in [1.165, 1.54) is 0 Å². The maximum absolute atomic E-state index is 10.3. The van der Waals surface area contributed by atoms with Crippen LogP contribution >= 0.6 is 0 Å². The second kappa shape index (κ2) is 6.67. The van der Waals surface area contributed by atoms with Crippen molar-refractivity contribution in [2.24, 2.45) is 0 Å². The summed E-state index contributed by atoms with van der Waals surface area (Å²) < 4.78 is 0. The Morgan fingerprint density at radius 3 is 2.27 bits per heavy atom. The van der Waals surface area contributed by atoms with Gasteiger partial charge < -0.3 is 40.6 Å². The summed E-state index contributed by atoms with van der Waals surface area (Å²) in [6.07, 6.45) is 0. The van der Waals surface area contributed by atoms with Crippen molar-refractivity contribution in [1.29, 1.82) is 0 Å². The molecule has 1 saturated heterocycles. The van der Waals surface area contributed by atoms with Crippen LogP contribution in [0.4, 0.5) is 0 Å². The fourth-order valence-corrected chi connectivity index (χ4v) is 1.01. The molecule has 0 bridgehead atoms. The van der Waals surface area contributed by atoms with Crippen LogP contribution in [0.15, 0.2) is 0 Å². The van der Waals surface area contributed by atoms with Gasteiger partial charge in [-0.3, -0.25) is 0 Å². The Labute approximate surface area is 77.6 Å². The third-order valence-electron chi connectivity index (χ3n) is 1.56. The smallest absolute Gasteiger partial charge is 0.368 e. The summed E-state index contributed by atoms with van der Waals surface area (Å²) in [4.78, 5) is 10.3. The van der Waals surface area contributed by atoms with Crippen LogP contribution in [0.5, 0.6) is 0 Å². The number of quaternary nitrogens is 2. The molecule has 1 aliphatic heterocycles. The van der Waals surface area contributed by atoms with E-state index >= 15 is 0 Å². The molecule has 4 nitrogen and oxygen atoms in total. The van der Waals surface area contributed by atoms with Crippen molar-refractivity contribution >= 4 is 5.97 Å². The molecule has 0 amide bonds. The lowest BCUT2D eigenvalue weighted by Crippen LogP contribution is -3.09. The highest BCUT2D eigenvalue weighted by molar-refractivity contribution is 5.71. The Bertz CT molecular complexity index is 117. The molecule has 5 N–H and O–H groups in total. The molecule has 1 fully saturated rings. The molecular weight excluding hydrogens is 191 g/mol. The normalized spacial score (nSPS) is 22.7. The molecule has 0 aliphatic carbocycles. The van der Waals surface area contributed by atoms with Crippen LogP contribution in [0.1, 0.15) is 0 Å². The lowest BCUT2D eigenvalue weighted by atomic mass is 10.2. The Morgan fingerprint density at radius 1 is 1.36 bits per heavy atom. The van der Waals surface area contributed by atoms with Gasteiger partial charge in [-0.15, -0.1) is 0 Å². The van der Waals surface area contributed by atoms with E-state index in [4.69, 9.17) is 5.11 Å². The van der Waals surface area contributed by atoms with Gasteiger partial charge >= 0.3 is 5.97 Å². The van der Waals surface area contributed by atoms with Gasteiger partial charge in [0.2, 0.25) is 6.04 Å². The molecule has 0 aromatic rings. The third kappa shape index (κ3) is 4.42. The predicted molar refractivity (Wildman–Crippen MR) is 29.9 cm³/mol. The van der Waals surface area contributed by atoms with Crippen molar-refractivity contribution < 1.29 is 45.3 Å². The van der Waals surface area contributed by atoms with Crippen LogP contribution < -0.4 is 35.4 Å². The van der Waals surface area contributed by atoms with E-state index in [1.54, 1.807) is 0 Å². The molecule has 68 valence electrons. The molecule has 1 unspecified atom stereocenters. The lowest BCUT2D eigenvalue weighted by molar-refractivity contribution is -0.802. The zero-order valence-corrected chi connectivity index (χ0v) is 7.48. The fourth-order valence-electron chi connectivity index (χ4n) is 1.01. The first-order valence-electron chi connectivity index (χ1n) is 3.18. The van der Waals surface area contributed by atoms with Crippen LogP contribution in [0.2, 0.25) is 0 Å². The van der Waals surface area contributed by atoms with Crippen molar-refractivity contribution in [3.63, 3.8) is 0 Å². The van der Waals surface area contributed by atoms with Gasteiger partial charge in [0.05, 0.1) is 0 Å². The van der Waals surface area contributed by atoms with E-state index in [2.05, 4.69) is 0 Å². The van der Waals surface area contributed by atoms with Crippen LogP contribution in [0.25, 0.3) is 0 Å². The monoisotopic (exact) mass is 202 g/mol. The number of piperazine rings is 1. The molecule has 1 atom stereocenters. The molecule has 0 saturated carbocycles. The first-order valence-corrected chi connectivity index (χ1v) is 3.18. The topological polar surface area (TPSA) is 70.5 Å². The molecule has 1 rings (SSSR count). The molecule has 1 aliphatic rings. The van der Waals surface area contributed by atoms with Crippen LogP contribution in [0.3, 0.4) is 0 Å². The minimum atomic E-state index is -0.689. The predicted octanol–water partition coefficient (Wildman–Crippen LogP) is -9.41. The van der Waals surface area contributed by atoms with Crippen molar-refractivity contribution in [3.8, 4) is 0 Å². The lowest BCUT2D eigenvalue weighted by Gasteiger charge is -2.13. The summed E-state index contributed by atoms with van der Waals surface area (Å²) in [7, 11) is 0. The minimum absolute atomic E-state index is 0. The number of aliphatic carboxylic acids is 1. The molecule has 11 heavy (non-hydrogen) atoms.